The molecule has 0 aromatic rings. The first-order chi connectivity index (χ1) is 28.2. The lowest BCUT2D eigenvalue weighted by Crippen LogP contribution is -2.37. The summed E-state index contributed by atoms with van der Waals surface area (Å²) in [7, 11) is 1.29. The molecule has 1 saturated carbocycles. The monoisotopic (exact) mass is 851 g/mol. The zero-order valence-corrected chi connectivity index (χ0v) is 37.6. The highest BCUT2D eigenvalue weighted by atomic mass is 31.2. The molecule has 1 rings (SSSR count). The van der Waals surface area contributed by atoms with Crippen LogP contribution in [-0.2, 0) is 37.5 Å². The van der Waals surface area contributed by atoms with Gasteiger partial charge in [-0.15, -0.1) is 0 Å². The molecule has 3 N–H and O–H groups in total. The summed E-state index contributed by atoms with van der Waals surface area (Å²) in [6, 6.07) is 0. The highest BCUT2D eigenvalue weighted by molar-refractivity contribution is 7.47. The summed E-state index contributed by atoms with van der Waals surface area (Å²) in [6.45, 7) is 3.82. The largest absolute Gasteiger partial charge is 0.472 e. The standard InChI is InChI=1S/C46H76NO11P/c1-6-8-10-11-12-13-14-15-16-17-18-19-20-21-27-31-46(52)58-40(38-57-59(53,54)56-35-34-47(3,4)5)37-55-45(51)30-26-23-22-25-29-41-42(44(50)36-43(41)49)33-32-39(48)28-24-9-7-2/h8,10,12-13,15-16,18-19,22,25,32-33,39-43,48-49H,6-7,9,11,14,17,20-21,23-24,26-31,34-38H2,1-5H3/p+1/b10-8-,13-12-,16-15-,19-18-,25-22-,33-32+/t39-,40+,41+,42+,43-/m0/s1. The fourth-order valence-corrected chi connectivity index (χ4v) is 6.84. The van der Waals surface area contributed by atoms with Gasteiger partial charge in [0, 0.05) is 31.1 Å². The number of esters is 2. The number of Topliss-reactive ketones (excluding diaryl/α,β-unsaturated/α-hetero) is 1. The lowest BCUT2D eigenvalue weighted by atomic mass is 9.90. The van der Waals surface area contributed by atoms with E-state index in [1.165, 1.54) is 0 Å². The van der Waals surface area contributed by atoms with E-state index in [1.807, 2.05) is 33.3 Å². The van der Waals surface area contributed by atoms with Gasteiger partial charge in [0.25, 0.3) is 0 Å². The summed E-state index contributed by atoms with van der Waals surface area (Å²) in [6.07, 6.45) is 33.3. The molecule has 0 saturated heterocycles. The molecule has 59 heavy (non-hydrogen) atoms. The van der Waals surface area contributed by atoms with Gasteiger partial charge in [-0.1, -0.05) is 106 Å². The first-order valence-corrected chi connectivity index (χ1v) is 23.3. The summed E-state index contributed by atoms with van der Waals surface area (Å²) in [4.78, 5) is 48.0. The smallest absolute Gasteiger partial charge is 0.462 e. The quantitative estimate of drug-likeness (QED) is 0.0186. The Hall–Kier alpha value is -2.96. The number of hydrogen-bond acceptors (Lipinski definition) is 10. The number of quaternary nitrogens is 1. The fraction of sp³-hybridized carbons (Fsp3) is 0.674. The van der Waals surface area contributed by atoms with Crippen LogP contribution in [0.3, 0.4) is 0 Å². The Kier molecular flexibility index (Phi) is 30.0. The molecule has 1 aliphatic carbocycles. The number of carbonyl (C=O) groups is 3. The van der Waals surface area contributed by atoms with Crippen LogP contribution in [0.4, 0.5) is 0 Å². The molecule has 13 heteroatoms. The third-order valence-electron chi connectivity index (χ3n) is 9.60. The summed E-state index contributed by atoms with van der Waals surface area (Å²) < 4.78 is 34.1. The number of nitrogens with zero attached hydrogens (tertiary/aromatic N) is 1. The lowest BCUT2D eigenvalue weighted by Gasteiger charge is -2.24. The number of unbranched alkanes of at least 4 members (excludes halogenated alkanes) is 5. The maximum atomic E-state index is 12.7. The zero-order valence-electron chi connectivity index (χ0n) is 36.7. The molecule has 1 unspecified atom stereocenters. The van der Waals surface area contributed by atoms with E-state index in [-0.39, 0.29) is 44.2 Å². The van der Waals surface area contributed by atoms with Crippen molar-refractivity contribution in [2.45, 2.75) is 141 Å². The van der Waals surface area contributed by atoms with Crippen LogP contribution in [0, 0.1) is 11.8 Å². The molecular formula is C46H77NO11P+. The number of phosphoric ester groups is 1. The normalized spacial score (nSPS) is 19.9. The molecule has 1 aliphatic rings. The van der Waals surface area contributed by atoms with E-state index in [1.54, 1.807) is 12.2 Å². The van der Waals surface area contributed by atoms with Crippen molar-refractivity contribution >= 4 is 25.5 Å². The zero-order chi connectivity index (χ0) is 43.8. The fourth-order valence-electron chi connectivity index (χ4n) is 6.10. The molecule has 0 aromatic carbocycles. The molecule has 6 atom stereocenters. The van der Waals surface area contributed by atoms with Crippen LogP contribution in [-0.4, -0.2) is 103 Å². The number of aliphatic hydroxyl groups is 2. The maximum Gasteiger partial charge on any atom is 0.472 e. The summed E-state index contributed by atoms with van der Waals surface area (Å²) >= 11 is 0. The van der Waals surface area contributed by atoms with Gasteiger partial charge in [-0.05, 0) is 70.6 Å². The average molecular weight is 851 g/mol. The van der Waals surface area contributed by atoms with Crippen molar-refractivity contribution in [3.05, 3.63) is 72.9 Å². The van der Waals surface area contributed by atoms with Crippen LogP contribution in [0.15, 0.2) is 72.9 Å². The third-order valence-corrected chi connectivity index (χ3v) is 10.6. The van der Waals surface area contributed by atoms with Gasteiger partial charge in [0.1, 0.15) is 25.5 Å². The first kappa shape index (κ1) is 54.1. The summed E-state index contributed by atoms with van der Waals surface area (Å²) in [5.41, 5.74) is 0. The Labute approximate surface area is 355 Å². The second-order valence-electron chi connectivity index (χ2n) is 16.1. The molecule has 0 spiro atoms. The lowest BCUT2D eigenvalue weighted by molar-refractivity contribution is -0.870. The summed E-state index contributed by atoms with van der Waals surface area (Å²) in [5, 5.41) is 20.7. The van der Waals surface area contributed by atoms with Crippen molar-refractivity contribution < 1.29 is 57.1 Å². The Bertz CT molecular complexity index is 1400. The Balaban J connectivity index is 2.56. The van der Waals surface area contributed by atoms with E-state index in [0.29, 0.717) is 43.1 Å². The molecular weight excluding hydrogens is 773 g/mol. The van der Waals surface area contributed by atoms with E-state index < -0.39 is 50.6 Å². The second kappa shape index (κ2) is 32.8. The predicted octanol–water partition coefficient (Wildman–Crippen LogP) is 8.83. The van der Waals surface area contributed by atoms with E-state index in [0.717, 1.165) is 57.8 Å². The van der Waals surface area contributed by atoms with E-state index >= 15 is 0 Å². The first-order valence-electron chi connectivity index (χ1n) is 21.8. The number of allylic oxidation sites excluding steroid dienone is 11. The van der Waals surface area contributed by atoms with Gasteiger partial charge < -0.3 is 29.1 Å². The van der Waals surface area contributed by atoms with Crippen molar-refractivity contribution in [2.75, 3.05) is 47.5 Å². The maximum absolute atomic E-state index is 12.7. The van der Waals surface area contributed by atoms with Crippen LogP contribution in [0.1, 0.15) is 123 Å². The molecule has 1 fully saturated rings. The van der Waals surface area contributed by atoms with Gasteiger partial charge in [0.2, 0.25) is 0 Å². The molecule has 0 aromatic heterocycles. The van der Waals surface area contributed by atoms with Crippen LogP contribution < -0.4 is 0 Å². The number of carbonyl (C=O) groups excluding carboxylic acids is 3. The van der Waals surface area contributed by atoms with Gasteiger partial charge in [0.15, 0.2) is 6.10 Å². The van der Waals surface area contributed by atoms with Crippen molar-refractivity contribution in [3.8, 4) is 0 Å². The predicted molar refractivity (Wildman–Crippen MR) is 234 cm³/mol. The van der Waals surface area contributed by atoms with Gasteiger partial charge in [-0.2, -0.15) is 0 Å². The number of likely N-dealkylation sites (N-methyl/N-ethyl adjacent to an activating group) is 1. The SMILES string of the molecule is CC/C=C\C/C=C\C/C=C\C/C=C\CCCCC(=O)O[C@H](COC(=O)CCC/C=C\C[C@H]1[C@@H](O)CC(=O)[C@@H]1/C=C/[C@@H](O)CCCCC)COP(=O)(O)OCC[N+](C)(C)C. The number of rotatable bonds is 34. The van der Waals surface area contributed by atoms with E-state index in [4.69, 9.17) is 18.5 Å². The van der Waals surface area contributed by atoms with Gasteiger partial charge in [-0.25, -0.2) is 4.57 Å². The second-order valence-corrected chi connectivity index (χ2v) is 17.6. The van der Waals surface area contributed by atoms with Crippen LogP contribution in [0.5, 0.6) is 0 Å². The third kappa shape index (κ3) is 29.8. The van der Waals surface area contributed by atoms with Gasteiger partial charge >= 0.3 is 19.8 Å². The van der Waals surface area contributed by atoms with Crippen molar-refractivity contribution in [1.82, 2.24) is 0 Å². The molecule has 0 amide bonds. The van der Waals surface area contributed by atoms with Crippen molar-refractivity contribution in [2.24, 2.45) is 11.8 Å². The Morgan fingerprint density at radius 2 is 1.44 bits per heavy atom. The number of ether oxygens (including phenoxy) is 2. The van der Waals surface area contributed by atoms with Crippen LogP contribution in [0.2, 0.25) is 0 Å². The molecule has 0 radical (unpaired) electrons. The van der Waals surface area contributed by atoms with Crippen molar-refractivity contribution in [3.63, 3.8) is 0 Å². The summed E-state index contributed by atoms with van der Waals surface area (Å²) in [5.74, 6) is -1.80. The van der Waals surface area contributed by atoms with Crippen molar-refractivity contribution in [1.29, 1.82) is 0 Å². The number of hydrogen-bond donors (Lipinski definition) is 3. The minimum atomic E-state index is -4.46. The van der Waals surface area contributed by atoms with Gasteiger partial charge in [-0.3, -0.25) is 23.4 Å². The number of phosphoric acid groups is 1. The van der Waals surface area contributed by atoms with Gasteiger partial charge in [0.05, 0.1) is 40.0 Å². The van der Waals surface area contributed by atoms with Crippen LogP contribution >= 0.6 is 7.82 Å². The van der Waals surface area contributed by atoms with E-state index in [9.17, 15) is 34.1 Å². The minimum Gasteiger partial charge on any atom is -0.462 e. The molecule has 336 valence electrons. The highest BCUT2D eigenvalue weighted by Crippen LogP contribution is 2.43. The van der Waals surface area contributed by atoms with Crippen LogP contribution in [0.25, 0.3) is 0 Å². The number of ketones is 1. The topological polar surface area (TPSA) is 166 Å². The highest BCUT2D eigenvalue weighted by Gasteiger charge is 2.39. The van der Waals surface area contributed by atoms with E-state index in [2.05, 4.69) is 62.5 Å². The molecule has 0 heterocycles. The average Bonchev–Trinajstić information content (AvgIpc) is 3.44. The Morgan fingerprint density at radius 3 is 2.10 bits per heavy atom. The molecule has 12 nitrogen and oxygen atoms in total. The molecule has 0 bridgehead atoms. The molecule has 0 aliphatic heterocycles. The number of aliphatic hydroxyl groups excluding tert-OH is 2. The minimum absolute atomic E-state index is 0.0231. The Morgan fingerprint density at radius 1 is 0.814 bits per heavy atom.